The highest BCUT2D eigenvalue weighted by Crippen LogP contribution is 2.19. The molecule has 0 bridgehead atoms. The zero-order valence-electron chi connectivity index (χ0n) is 13.8. The first-order valence-corrected chi connectivity index (χ1v) is 7.88. The maximum absolute atomic E-state index is 13.3. The summed E-state index contributed by atoms with van der Waals surface area (Å²) in [6.45, 7) is 3.61. The van der Waals surface area contributed by atoms with Crippen molar-refractivity contribution in [1.82, 2.24) is 15.0 Å². The molecule has 0 radical (unpaired) electrons. The van der Waals surface area contributed by atoms with Crippen LogP contribution in [0, 0.1) is 11.7 Å². The van der Waals surface area contributed by atoms with Gasteiger partial charge < -0.3 is 5.32 Å². The first kappa shape index (κ1) is 16.8. The van der Waals surface area contributed by atoms with Gasteiger partial charge in [-0.15, -0.1) is 5.10 Å². The zero-order valence-corrected chi connectivity index (χ0v) is 13.8. The third kappa shape index (κ3) is 3.40. The molecule has 6 nitrogen and oxygen atoms in total. The lowest BCUT2D eigenvalue weighted by Gasteiger charge is -2.21. The molecule has 0 unspecified atom stereocenters. The highest BCUT2D eigenvalue weighted by molar-refractivity contribution is 5.94. The third-order valence-corrected chi connectivity index (χ3v) is 3.85. The van der Waals surface area contributed by atoms with E-state index in [0.717, 1.165) is 4.68 Å². The predicted octanol–water partition coefficient (Wildman–Crippen LogP) is 2.77. The Balaban J connectivity index is 2.00. The normalized spacial score (nSPS) is 12.3. The van der Waals surface area contributed by atoms with Crippen LogP contribution in [-0.2, 0) is 4.79 Å². The van der Waals surface area contributed by atoms with Gasteiger partial charge in [0.1, 0.15) is 17.4 Å². The van der Waals surface area contributed by atoms with Gasteiger partial charge in [0, 0.05) is 5.69 Å². The molecule has 0 aliphatic heterocycles. The lowest BCUT2D eigenvalue weighted by Crippen LogP contribution is -2.38. The number of carbonyl (C=O) groups excluding carboxylic acids is 1. The van der Waals surface area contributed by atoms with E-state index in [1.54, 1.807) is 44.2 Å². The number of carbonyl (C=O) groups is 1. The maximum atomic E-state index is 13.3. The second kappa shape index (κ2) is 6.80. The Labute approximate surface area is 143 Å². The summed E-state index contributed by atoms with van der Waals surface area (Å²) in [4.78, 5) is 25.4. The van der Waals surface area contributed by atoms with Gasteiger partial charge in [-0.25, -0.2) is 4.39 Å². The fourth-order valence-electron chi connectivity index (χ4n) is 2.66. The van der Waals surface area contributed by atoms with Gasteiger partial charge in [-0.2, -0.15) is 4.68 Å². The van der Waals surface area contributed by atoms with E-state index >= 15 is 0 Å². The van der Waals surface area contributed by atoms with Gasteiger partial charge in [-0.1, -0.05) is 37.3 Å². The largest absolute Gasteiger partial charge is 0.324 e. The molecule has 0 fully saturated rings. The number of halogens is 1. The Morgan fingerprint density at radius 1 is 1.16 bits per heavy atom. The molecular weight excluding hydrogens is 323 g/mol. The maximum Gasteiger partial charge on any atom is 0.278 e. The van der Waals surface area contributed by atoms with Crippen molar-refractivity contribution in [3.8, 4) is 0 Å². The molecule has 128 valence electrons. The summed E-state index contributed by atoms with van der Waals surface area (Å²) in [5, 5.41) is 11.0. The monoisotopic (exact) mass is 340 g/mol. The smallest absolute Gasteiger partial charge is 0.278 e. The molecule has 1 atom stereocenters. The van der Waals surface area contributed by atoms with Crippen molar-refractivity contribution in [2.75, 3.05) is 5.32 Å². The van der Waals surface area contributed by atoms with Crippen LogP contribution in [0.15, 0.2) is 53.3 Å². The Kier molecular flexibility index (Phi) is 4.56. The van der Waals surface area contributed by atoms with Crippen LogP contribution in [-0.4, -0.2) is 20.9 Å². The average molecular weight is 340 g/mol. The fraction of sp³-hybridized carbons (Fsp3) is 0.222. The van der Waals surface area contributed by atoms with Gasteiger partial charge in [0.25, 0.3) is 5.56 Å². The number of anilines is 1. The van der Waals surface area contributed by atoms with Crippen molar-refractivity contribution >= 4 is 22.5 Å². The van der Waals surface area contributed by atoms with Crippen molar-refractivity contribution in [2.24, 2.45) is 5.92 Å². The molecule has 3 aromatic rings. The summed E-state index contributed by atoms with van der Waals surface area (Å²) in [6, 6.07) is 11.5. The molecule has 25 heavy (non-hydrogen) atoms. The van der Waals surface area contributed by atoms with Gasteiger partial charge in [0.05, 0.1) is 5.39 Å². The minimum Gasteiger partial charge on any atom is -0.324 e. The van der Waals surface area contributed by atoms with Crippen LogP contribution < -0.4 is 10.9 Å². The van der Waals surface area contributed by atoms with Gasteiger partial charge in [0.15, 0.2) is 0 Å². The lowest BCUT2D eigenvalue weighted by atomic mass is 10.0. The molecular formula is C18H17FN4O2. The number of fused-ring (bicyclic) bond motifs is 1. The molecule has 0 saturated carbocycles. The van der Waals surface area contributed by atoms with Crippen LogP contribution in [0.25, 0.3) is 10.9 Å². The summed E-state index contributed by atoms with van der Waals surface area (Å²) in [5.41, 5.74) is 0.396. The van der Waals surface area contributed by atoms with E-state index in [0.29, 0.717) is 16.6 Å². The molecule has 1 aromatic heterocycles. The number of hydrogen-bond acceptors (Lipinski definition) is 4. The van der Waals surface area contributed by atoms with Gasteiger partial charge in [-0.3, -0.25) is 9.59 Å². The molecule has 1 heterocycles. The molecule has 7 heteroatoms. The second-order valence-electron chi connectivity index (χ2n) is 6.04. The number of rotatable bonds is 4. The van der Waals surface area contributed by atoms with Crippen molar-refractivity contribution in [2.45, 2.75) is 19.9 Å². The Bertz CT molecular complexity index is 984. The predicted molar refractivity (Wildman–Crippen MR) is 92.7 cm³/mol. The molecule has 2 aromatic carbocycles. The highest BCUT2D eigenvalue weighted by atomic mass is 19.1. The number of nitrogens with zero attached hydrogens (tertiary/aromatic N) is 3. The molecule has 1 N–H and O–H groups in total. The van der Waals surface area contributed by atoms with E-state index in [2.05, 4.69) is 15.6 Å². The summed E-state index contributed by atoms with van der Waals surface area (Å²) < 4.78 is 14.4. The third-order valence-electron chi connectivity index (χ3n) is 3.85. The first-order valence-electron chi connectivity index (χ1n) is 7.88. The van der Waals surface area contributed by atoms with E-state index in [1.807, 2.05) is 0 Å². The van der Waals surface area contributed by atoms with E-state index in [4.69, 9.17) is 0 Å². The Morgan fingerprint density at radius 3 is 2.64 bits per heavy atom. The molecule has 0 aliphatic carbocycles. The molecule has 0 saturated heterocycles. The number of nitrogens with one attached hydrogen (secondary N) is 1. The summed E-state index contributed by atoms with van der Waals surface area (Å²) in [5.74, 6) is -1.13. The van der Waals surface area contributed by atoms with Crippen LogP contribution in [0.4, 0.5) is 10.1 Å². The van der Waals surface area contributed by atoms with E-state index in [-0.39, 0.29) is 5.92 Å². The van der Waals surface area contributed by atoms with Crippen molar-refractivity contribution in [1.29, 1.82) is 0 Å². The van der Waals surface area contributed by atoms with E-state index in [9.17, 15) is 14.0 Å². The molecule has 1 amide bonds. The van der Waals surface area contributed by atoms with Crippen molar-refractivity contribution < 1.29 is 9.18 Å². The fourth-order valence-corrected chi connectivity index (χ4v) is 2.66. The van der Waals surface area contributed by atoms with Crippen LogP contribution in [0.2, 0.25) is 0 Å². The van der Waals surface area contributed by atoms with Crippen LogP contribution >= 0.6 is 0 Å². The van der Waals surface area contributed by atoms with E-state index < -0.39 is 23.3 Å². The van der Waals surface area contributed by atoms with Crippen LogP contribution in [0.3, 0.4) is 0 Å². The number of benzene rings is 2. The van der Waals surface area contributed by atoms with Crippen LogP contribution in [0.1, 0.15) is 19.9 Å². The SMILES string of the molecule is CC(C)[C@@H](C(=O)Nc1cccc(F)c1)n1nnc2ccccc2c1=O. The lowest BCUT2D eigenvalue weighted by molar-refractivity contribution is -0.120. The van der Waals surface area contributed by atoms with Gasteiger partial charge >= 0.3 is 0 Å². The summed E-state index contributed by atoms with van der Waals surface area (Å²) in [7, 11) is 0. The van der Waals surface area contributed by atoms with Crippen LogP contribution in [0.5, 0.6) is 0 Å². The van der Waals surface area contributed by atoms with Crippen molar-refractivity contribution in [3.63, 3.8) is 0 Å². The minimum atomic E-state index is -0.868. The molecule has 3 rings (SSSR count). The van der Waals surface area contributed by atoms with Gasteiger partial charge in [0.2, 0.25) is 5.91 Å². The second-order valence-corrected chi connectivity index (χ2v) is 6.04. The minimum absolute atomic E-state index is 0.221. The highest BCUT2D eigenvalue weighted by Gasteiger charge is 2.27. The Morgan fingerprint density at radius 2 is 1.92 bits per heavy atom. The Hall–Kier alpha value is -3.09. The standard InChI is InChI=1S/C18H17FN4O2/c1-11(2)16(17(24)20-13-7-5-6-12(19)10-13)23-18(25)14-8-3-4-9-15(14)21-22-23/h3-11,16H,1-2H3,(H,20,24)/t16-/m0/s1. The quantitative estimate of drug-likeness (QED) is 0.792. The first-order chi connectivity index (χ1) is 12.0. The van der Waals surface area contributed by atoms with E-state index in [1.165, 1.54) is 18.2 Å². The molecule has 0 spiro atoms. The number of amides is 1. The zero-order chi connectivity index (χ0) is 18.0. The average Bonchev–Trinajstić information content (AvgIpc) is 2.57. The topological polar surface area (TPSA) is 76.9 Å². The number of aromatic nitrogens is 3. The number of hydrogen-bond donors (Lipinski definition) is 1. The summed E-state index contributed by atoms with van der Waals surface area (Å²) in [6.07, 6.45) is 0. The van der Waals surface area contributed by atoms with Gasteiger partial charge in [-0.05, 0) is 36.2 Å². The summed E-state index contributed by atoms with van der Waals surface area (Å²) >= 11 is 0. The molecule has 0 aliphatic rings. The van der Waals surface area contributed by atoms with Crippen molar-refractivity contribution in [3.05, 3.63) is 64.7 Å².